The Bertz CT molecular complexity index is 1380. The topological polar surface area (TPSA) is 98.0 Å². The second-order valence-electron chi connectivity index (χ2n) is 11.2. The number of benzene rings is 2. The van der Waals surface area contributed by atoms with Crippen LogP contribution in [-0.4, -0.2) is 53.6 Å². The smallest absolute Gasteiger partial charge is 0.253 e. The fourth-order valence-corrected chi connectivity index (χ4v) is 5.98. The van der Waals surface area contributed by atoms with E-state index in [2.05, 4.69) is 22.9 Å². The summed E-state index contributed by atoms with van der Waals surface area (Å²) in [7, 11) is 0. The van der Waals surface area contributed by atoms with E-state index in [1.54, 1.807) is 21.9 Å². The highest BCUT2D eigenvalue weighted by atomic mass is 19.1. The third-order valence-corrected chi connectivity index (χ3v) is 7.92. The number of hydrogen-bond acceptors (Lipinski definition) is 7. The zero-order chi connectivity index (χ0) is 27.4. The van der Waals surface area contributed by atoms with Crippen molar-refractivity contribution in [1.82, 2.24) is 15.5 Å². The Kier molecular flexibility index (Phi) is 6.19. The van der Waals surface area contributed by atoms with Gasteiger partial charge in [0.05, 0.1) is 0 Å². The lowest BCUT2D eigenvalue weighted by Gasteiger charge is -2.33. The van der Waals surface area contributed by atoms with E-state index in [1.807, 2.05) is 31.5 Å². The molecule has 0 aliphatic carbocycles. The van der Waals surface area contributed by atoms with Crippen LogP contribution in [0.25, 0.3) is 0 Å². The van der Waals surface area contributed by atoms with Crippen LogP contribution in [0.4, 0.5) is 20.2 Å². The third-order valence-electron chi connectivity index (χ3n) is 7.92. The molecule has 10 heteroatoms. The molecule has 3 atom stereocenters. The van der Waals surface area contributed by atoms with Crippen molar-refractivity contribution in [2.45, 2.75) is 50.4 Å². The van der Waals surface area contributed by atoms with Crippen molar-refractivity contribution >= 4 is 23.2 Å². The second-order valence-corrected chi connectivity index (χ2v) is 11.2. The van der Waals surface area contributed by atoms with Gasteiger partial charge in [0.2, 0.25) is 5.96 Å². The fourth-order valence-electron chi connectivity index (χ4n) is 5.98. The molecule has 0 radical (unpaired) electrons. The summed E-state index contributed by atoms with van der Waals surface area (Å²) in [5, 5.41) is 10.2. The van der Waals surface area contributed by atoms with Crippen molar-refractivity contribution in [3.63, 3.8) is 0 Å². The van der Waals surface area contributed by atoms with Crippen LogP contribution in [-0.2, 0) is 0 Å². The minimum absolute atomic E-state index is 0.0245. The largest absolute Gasteiger partial charge is 0.343 e. The number of anilines is 2. The van der Waals surface area contributed by atoms with Gasteiger partial charge in [0.1, 0.15) is 17.3 Å². The molecular formula is C29H33F2N7O. The standard InChI is InChI=1S/C29H33F2N7O/c1-18-14-21-16-37(25-23(30)4-3-5-24(25)31)12-10-20-15-33-27(36-29(20,21)35-18)34-22-8-6-19(7-9-22)26(39)38-13-11-28(2,32)17-38/h3-9,15-16,18,35H,10-14,17,32H2,1-2H3,(H2,33,34,36). The van der Waals surface area contributed by atoms with Crippen LogP contribution >= 0.6 is 0 Å². The molecule has 5 N–H and O–H groups in total. The molecule has 2 aromatic rings. The van der Waals surface area contributed by atoms with Gasteiger partial charge < -0.3 is 26.2 Å². The van der Waals surface area contributed by atoms with Crippen LogP contribution in [0.3, 0.4) is 0 Å². The molecule has 6 rings (SSSR count). The summed E-state index contributed by atoms with van der Waals surface area (Å²) >= 11 is 0. The van der Waals surface area contributed by atoms with Gasteiger partial charge in [0.15, 0.2) is 5.66 Å². The molecule has 1 amide bonds. The third kappa shape index (κ3) is 4.68. The van der Waals surface area contributed by atoms with E-state index in [4.69, 9.17) is 10.7 Å². The van der Waals surface area contributed by atoms with Crippen molar-refractivity contribution in [3.05, 3.63) is 83.2 Å². The van der Waals surface area contributed by atoms with Gasteiger partial charge in [-0.25, -0.2) is 13.8 Å². The molecule has 2 fully saturated rings. The highest BCUT2D eigenvalue weighted by Crippen LogP contribution is 2.43. The number of aliphatic imine (C=N–C) groups is 1. The maximum atomic E-state index is 14.6. The van der Waals surface area contributed by atoms with Crippen molar-refractivity contribution in [2.75, 3.05) is 29.9 Å². The van der Waals surface area contributed by atoms with Crippen molar-refractivity contribution in [1.29, 1.82) is 0 Å². The number of nitrogens with zero attached hydrogens (tertiary/aromatic N) is 3. The molecule has 39 heavy (non-hydrogen) atoms. The van der Waals surface area contributed by atoms with Crippen LogP contribution in [0.5, 0.6) is 0 Å². The lowest BCUT2D eigenvalue weighted by molar-refractivity contribution is 0.0785. The molecule has 4 aliphatic rings. The number of likely N-dealkylation sites (tertiary alicyclic amines) is 1. The first-order chi connectivity index (χ1) is 18.6. The van der Waals surface area contributed by atoms with E-state index in [-0.39, 0.29) is 23.2 Å². The van der Waals surface area contributed by atoms with E-state index in [1.165, 1.54) is 18.2 Å². The number of hydrogen-bond donors (Lipinski definition) is 4. The second kappa shape index (κ2) is 9.46. The van der Waals surface area contributed by atoms with Gasteiger partial charge in [0, 0.05) is 54.9 Å². The molecule has 3 unspecified atom stereocenters. The van der Waals surface area contributed by atoms with Gasteiger partial charge >= 0.3 is 0 Å². The van der Waals surface area contributed by atoms with Crippen LogP contribution in [0, 0.1) is 11.6 Å². The predicted octanol–water partition coefficient (Wildman–Crippen LogP) is 3.66. The Morgan fingerprint density at radius 3 is 2.56 bits per heavy atom. The van der Waals surface area contributed by atoms with Crippen LogP contribution in [0.2, 0.25) is 0 Å². The summed E-state index contributed by atoms with van der Waals surface area (Å²) in [6.45, 7) is 5.66. The first-order valence-corrected chi connectivity index (χ1v) is 13.3. The molecule has 0 bridgehead atoms. The SMILES string of the molecule is CC1CC2=CN(c3c(F)cccc3F)CCC3=CNC(Nc4ccc(C(=O)N5CCC(C)(N)C5)cc4)=NC32N1. The first-order valence-electron chi connectivity index (χ1n) is 13.3. The molecule has 2 aromatic carbocycles. The van der Waals surface area contributed by atoms with E-state index in [9.17, 15) is 13.6 Å². The summed E-state index contributed by atoms with van der Waals surface area (Å²) in [5.41, 5.74) is 8.33. The predicted molar refractivity (Wildman–Crippen MR) is 148 cm³/mol. The Labute approximate surface area is 226 Å². The maximum Gasteiger partial charge on any atom is 0.253 e. The normalized spacial score (nSPS) is 28.0. The lowest BCUT2D eigenvalue weighted by atomic mass is 9.92. The molecule has 2 saturated heterocycles. The number of carbonyl (C=O) groups is 1. The zero-order valence-electron chi connectivity index (χ0n) is 22.1. The average molecular weight is 534 g/mol. The average Bonchev–Trinajstić information content (AvgIpc) is 3.36. The monoisotopic (exact) mass is 533 g/mol. The van der Waals surface area contributed by atoms with Gasteiger partial charge in [-0.2, -0.15) is 0 Å². The van der Waals surface area contributed by atoms with Gasteiger partial charge in [-0.1, -0.05) is 6.07 Å². The number of rotatable bonds is 3. The van der Waals surface area contributed by atoms with Gasteiger partial charge in [0.25, 0.3) is 5.91 Å². The van der Waals surface area contributed by atoms with E-state index in [0.717, 1.165) is 23.3 Å². The minimum Gasteiger partial charge on any atom is -0.343 e. The zero-order valence-corrected chi connectivity index (χ0v) is 22.1. The summed E-state index contributed by atoms with van der Waals surface area (Å²) < 4.78 is 29.3. The van der Waals surface area contributed by atoms with Crippen molar-refractivity contribution in [3.8, 4) is 0 Å². The minimum atomic E-state index is -0.802. The van der Waals surface area contributed by atoms with E-state index >= 15 is 0 Å². The fraction of sp³-hybridized carbons (Fsp3) is 0.379. The first kappa shape index (κ1) is 25.5. The quantitative estimate of drug-likeness (QED) is 0.481. The lowest BCUT2D eigenvalue weighted by Crippen LogP contribution is -2.49. The van der Waals surface area contributed by atoms with Crippen molar-refractivity contribution in [2.24, 2.45) is 10.7 Å². The molecule has 8 nitrogen and oxygen atoms in total. The van der Waals surface area contributed by atoms with E-state index in [0.29, 0.717) is 44.0 Å². The van der Waals surface area contributed by atoms with Gasteiger partial charge in [-0.05, 0) is 80.7 Å². The summed E-state index contributed by atoms with van der Waals surface area (Å²) in [5.74, 6) is -0.671. The Balaban J connectivity index is 1.25. The Morgan fingerprint density at radius 2 is 1.87 bits per heavy atom. The highest BCUT2D eigenvalue weighted by molar-refractivity contribution is 5.98. The van der Waals surface area contributed by atoms with Crippen LogP contribution in [0.15, 0.2) is 71.0 Å². The van der Waals surface area contributed by atoms with Crippen LogP contribution < -0.4 is 26.6 Å². The number of guanidine groups is 1. The summed E-state index contributed by atoms with van der Waals surface area (Å²) in [6, 6.07) is 11.4. The molecule has 204 valence electrons. The summed E-state index contributed by atoms with van der Waals surface area (Å²) in [4.78, 5) is 21.4. The number of nitrogens with one attached hydrogen (secondary N) is 3. The number of carbonyl (C=O) groups excluding carboxylic acids is 1. The number of para-hydroxylation sites is 1. The molecule has 4 aliphatic heterocycles. The molecular weight excluding hydrogens is 500 g/mol. The van der Waals surface area contributed by atoms with E-state index < -0.39 is 17.3 Å². The summed E-state index contributed by atoms with van der Waals surface area (Å²) in [6.07, 6.45) is 5.81. The van der Waals surface area contributed by atoms with Crippen molar-refractivity contribution < 1.29 is 13.6 Å². The molecule has 0 saturated carbocycles. The Hall–Kier alpha value is -3.76. The number of nitrogens with two attached hydrogens (primary N) is 1. The molecule has 1 spiro atoms. The molecule has 0 aromatic heterocycles. The number of halogens is 2. The van der Waals surface area contributed by atoms with Gasteiger partial charge in [-0.15, -0.1) is 0 Å². The number of amides is 1. The van der Waals surface area contributed by atoms with Gasteiger partial charge in [-0.3, -0.25) is 10.1 Å². The Morgan fingerprint density at radius 1 is 1.13 bits per heavy atom. The highest BCUT2D eigenvalue weighted by Gasteiger charge is 2.48. The maximum absolute atomic E-state index is 14.6. The molecule has 4 heterocycles. The van der Waals surface area contributed by atoms with Crippen LogP contribution in [0.1, 0.15) is 43.5 Å².